The van der Waals surface area contributed by atoms with Crippen molar-refractivity contribution in [2.45, 2.75) is 76.2 Å². The lowest BCUT2D eigenvalue weighted by atomic mass is 9.97. The molecule has 2 amide bonds. The lowest BCUT2D eigenvalue weighted by Gasteiger charge is -2.42. The number of hydrogen-bond donors (Lipinski definition) is 5. The molecule has 32 heavy (non-hydrogen) atoms. The number of nitrogens with zero attached hydrogens (tertiary/aromatic N) is 1. The molecule has 2 fully saturated rings. The van der Waals surface area contributed by atoms with Gasteiger partial charge in [0.15, 0.2) is 6.29 Å². The summed E-state index contributed by atoms with van der Waals surface area (Å²) in [5, 5.41) is 32.1. The van der Waals surface area contributed by atoms with E-state index in [1.54, 1.807) is 4.90 Å². The number of aliphatic hydroxyl groups is 3. The maximum absolute atomic E-state index is 12.6. The highest BCUT2D eigenvalue weighted by molar-refractivity contribution is 7.32. The minimum Gasteiger partial charge on any atom is -0.394 e. The fourth-order valence-corrected chi connectivity index (χ4v) is 4.40. The normalized spacial score (nSPS) is 33.2. The zero-order valence-electron chi connectivity index (χ0n) is 18.3. The van der Waals surface area contributed by atoms with Crippen molar-refractivity contribution in [1.82, 2.24) is 10.2 Å². The summed E-state index contributed by atoms with van der Waals surface area (Å²) in [5.74, 6) is -0.224. The molecule has 2 saturated heterocycles. The van der Waals surface area contributed by atoms with Gasteiger partial charge in [0.25, 0.3) is 0 Å². The van der Waals surface area contributed by atoms with E-state index in [0.717, 1.165) is 0 Å². The van der Waals surface area contributed by atoms with Crippen LogP contribution in [-0.4, -0.2) is 100.0 Å². The van der Waals surface area contributed by atoms with Crippen LogP contribution in [0.15, 0.2) is 0 Å². The van der Waals surface area contributed by atoms with Crippen LogP contribution >= 0.6 is 8.25 Å². The third kappa shape index (κ3) is 7.67. The second-order valence-corrected chi connectivity index (χ2v) is 9.07. The molecular formula is C19H34N2O10P+. The molecule has 5 N–H and O–H groups in total. The fraction of sp³-hybridized carbons (Fsp3) is 0.895. The molecule has 0 saturated carbocycles. The Morgan fingerprint density at radius 3 is 2.59 bits per heavy atom. The van der Waals surface area contributed by atoms with E-state index in [9.17, 15) is 29.5 Å². The Hall–Kier alpha value is -1.24. The van der Waals surface area contributed by atoms with Crippen molar-refractivity contribution in [3.8, 4) is 0 Å². The third-order valence-electron chi connectivity index (χ3n) is 5.64. The molecule has 0 aromatic heterocycles. The molecule has 2 heterocycles. The topological polar surface area (TPSA) is 175 Å². The summed E-state index contributed by atoms with van der Waals surface area (Å²) >= 11 is 0. The molecule has 12 nitrogen and oxygen atoms in total. The van der Waals surface area contributed by atoms with Gasteiger partial charge in [0, 0.05) is 31.1 Å². The number of hydrogen-bond acceptors (Lipinski definition) is 9. The van der Waals surface area contributed by atoms with E-state index in [-0.39, 0.29) is 37.5 Å². The van der Waals surface area contributed by atoms with Crippen molar-refractivity contribution >= 4 is 20.1 Å². The highest BCUT2D eigenvalue weighted by Gasteiger charge is 2.45. The van der Waals surface area contributed by atoms with Gasteiger partial charge in [0.2, 0.25) is 11.8 Å². The molecule has 6 unspecified atom stereocenters. The van der Waals surface area contributed by atoms with Crippen molar-refractivity contribution in [2.75, 3.05) is 26.4 Å². The Morgan fingerprint density at radius 2 is 1.97 bits per heavy atom. The van der Waals surface area contributed by atoms with Gasteiger partial charge in [-0.25, -0.2) is 0 Å². The highest BCUT2D eigenvalue weighted by atomic mass is 31.1. The smallest absolute Gasteiger partial charge is 0.394 e. The minimum atomic E-state index is -2.70. The van der Waals surface area contributed by atoms with Crippen LogP contribution in [0.4, 0.5) is 0 Å². The van der Waals surface area contributed by atoms with E-state index in [2.05, 4.69) is 5.32 Å². The van der Waals surface area contributed by atoms with Gasteiger partial charge in [-0.05, 0) is 25.2 Å². The van der Waals surface area contributed by atoms with Crippen LogP contribution in [0.25, 0.3) is 0 Å². The average Bonchev–Trinajstić information content (AvgIpc) is 3.11. The van der Waals surface area contributed by atoms with Crippen LogP contribution in [0.1, 0.15) is 39.5 Å². The Morgan fingerprint density at radius 1 is 1.25 bits per heavy atom. The van der Waals surface area contributed by atoms with Gasteiger partial charge in [-0.3, -0.25) is 9.59 Å². The number of ether oxygens (including phenoxy) is 2. The van der Waals surface area contributed by atoms with E-state index in [0.29, 0.717) is 25.8 Å². The van der Waals surface area contributed by atoms with Gasteiger partial charge in [-0.1, -0.05) is 6.92 Å². The number of rotatable bonds is 11. The third-order valence-corrected chi connectivity index (χ3v) is 6.01. The zero-order valence-corrected chi connectivity index (χ0v) is 19.2. The fourth-order valence-electron chi connectivity index (χ4n) is 4.10. The van der Waals surface area contributed by atoms with Gasteiger partial charge < -0.3 is 35.0 Å². The van der Waals surface area contributed by atoms with Gasteiger partial charge in [-0.2, -0.15) is 0 Å². The first-order valence-corrected chi connectivity index (χ1v) is 11.9. The maximum Gasteiger partial charge on any atom is 0.694 e. The first kappa shape index (κ1) is 27.0. The number of amides is 2. The highest BCUT2D eigenvalue weighted by Crippen LogP contribution is 2.27. The second-order valence-electron chi connectivity index (χ2n) is 8.34. The number of carbonyl (C=O) groups is 2. The van der Waals surface area contributed by atoms with Crippen LogP contribution in [-0.2, 0) is 28.2 Å². The summed E-state index contributed by atoms with van der Waals surface area (Å²) in [6, 6.07) is -1.23. The molecule has 0 spiro atoms. The lowest BCUT2D eigenvalue weighted by Crippen LogP contribution is -2.64. The second kappa shape index (κ2) is 12.9. The van der Waals surface area contributed by atoms with Crippen LogP contribution < -0.4 is 5.32 Å². The quantitative estimate of drug-likeness (QED) is 0.182. The first-order valence-electron chi connectivity index (χ1n) is 10.7. The molecule has 2 rings (SSSR count). The number of carbonyl (C=O) groups excluding carboxylic acids is 2. The molecule has 13 heteroatoms. The van der Waals surface area contributed by atoms with Crippen LogP contribution in [0.3, 0.4) is 0 Å². The molecular weight excluding hydrogens is 447 g/mol. The Bertz CT molecular complexity index is 654. The summed E-state index contributed by atoms with van der Waals surface area (Å²) in [7, 11) is -2.70. The van der Waals surface area contributed by atoms with E-state index in [4.69, 9.17) is 18.9 Å². The summed E-state index contributed by atoms with van der Waals surface area (Å²) in [4.78, 5) is 34.5. The van der Waals surface area contributed by atoms with Gasteiger partial charge >= 0.3 is 8.25 Å². The molecule has 184 valence electrons. The minimum absolute atomic E-state index is 0.0225. The Balaban J connectivity index is 1.79. The zero-order chi connectivity index (χ0) is 23.8. The van der Waals surface area contributed by atoms with Gasteiger partial charge in [-0.15, -0.1) is 9.42 Å². The summed E-state index contributed by atoms with van der Waals surface area (Å²) in [5.41, 5.74) is 0. The maximum atomic E-state index is 12.6. The molecule has 0 aliphatic carbocycles. The number of nitrogens with one attached hydrogen (secondary N) is 1. The van der Waals surface area contributed by atoms with E-state index in [1.165, 1.54) is 6.92 Å². The van der Waals surface area contributed by atoms with E-state index >= 15 is 0 Å². The van der Waals surface area contributed by atoms with E-state index < -0.39 is 51.4 Å². The van der Waals surface area contributed by atoms with Gasteiger partial charge in [0.1, 0.15) is 31.0 Å². The van der Waals surface area contributed by atoms with Gasteiger partial charge in [0.05, 0.1) is 12.6 Å². The van der Waals surface area contributed by atoms with Crippen molar-refractivity contribution < 1.29 is 48.4 Å². The van der Waals surface area contributed by atoms with Crippen molar-refractivity contribution in [3.05, 3.63) is 0 Å². The molecule has 0 radical (unpaired) electrons. The summed E-state index contributed by atoms with van der Waals surface area (Å²) in [6.07, 6.45) is -2.88. The monoisotopic (exact) mass is 481 g/mol. The molecule has 0 aromatic rings. The molecule has 0 bridgehead atoms. The Labute approximate surface area is 187 Å². The average molecular weight is 481 g/mol. The SMILES string of the molecule is CC(=O)NC1C(OCCCCC(=O)N2C[C@H](C)C[C@H]2CO[P+](=O)O)OC(CO)C(O)C1O. The number of aliphatic hydroxyl groups excluding tert-OH is 3. The van der Waals surface area contributed by atoms with Crippen molar-refractivity contribution in [3.63, 3.8) is 0 Å². The Kier molecular flexibility index (Phi) is 10.8. The van der Waals surface area contributed by atoms with Crippen LogP contribution in [0.5, 0.6) is 0 Å². The number of likely N-dealkylation sites (tertiary alicyclic amines) is 1. The van der Waals surface area contributed by atoms with E-state index in [1.807, 2.05) is 6.92 Å². The van der Waals surface area contributed by atoms with Crippen LogP contribution in [0.2, 0.25) is 0 Å². The molecule has 2 aliphatic rings. The standard InChI is InChI=1S/C19H33N2O10P/c1-11-7-13(10-30-32(27)28)21(8-11)15(24)5-3-4-6-29-19-16(20-12(2)23)18(26)17(25)14(9-22)31-19/h11,13-14,16-19,22,25-26H,3-10H2,1-2H3,(H-,20,23,27,28)/p+1/t11-,13+,14?,16?,17?,18?,19?/m1/s1. The summed E-state index contributed by atoms with van der Waals surface area (Å²) < 4.78 is 26.7. The number of unbranched alkanes of at least 4 members (excludes halogenated alkanes) is 1. The van der Waals surface area contributed by atoms with Crippen LogP contribution in [0, 0.1) is 5.92 Å². The largest absolute Gasteiger partial charge is 0.694 e. The predicted octanol–water partition coefficient (Wildman–Crippen LogP) is -0.980. The van der Waals surface area contributed by atoms with Crippen molar-refractivity contribution in [2.24, 2.45) is 5.92 Å². The first-order chi connectivity index (χ1) is 15.1. The molecule has 2 aliphatic heterocycles. The van der Waals surface area contributed by atoms with Crippen molar-refractivity contribution in [1.29, 1.82) is 0 Å². The lowest BCUT2D eigenvalue weighted by molar-refractivity contribution is -0.270. The molecule has 8 atom stereocenters. The predicted molar refractivity (Wildman–Crippen MR) is 110 cm³/mol. The summed E-state index contributed by atoms with van der Waals surface area (Å²) in [6.45, 7) is 3.51. The molecule has 0 aromatic carbocycles.